The number of thioether (sulfide) groups is 1. The fourth-order valence-electron chi connectivity index (χ4n) is 2.56. The van der Waals surface area contributed by atoms with Crippen molar-refractivity contribution < 1.29 is 9.59 Å². The lowest BCUT2D eigenvalue weighted by Gasteiger charge is -2.17. The third-order valence-corrected chi connectivity index (χ3v) is 4.44. The molecule has 1 saturated heterocycles. The van der Waals surface area contributed by atoms with Crippen LogP contribution in [0, 0.1) is 0 Å². The Hall–Kier alpha value is -2.15. The molecule has 1 amide bonds. The van der Waals surface area contributed by atoms with Gasteiger partial charge in [-0.2, -0.15) is 5.10 Å². The number of amides is 1. The molecule has 114 valence electrons. The van der Waals surface area contributed by atoms with E-state index < -0.39 is 0 Å². The van der Waals surface area contributed by atoms with Gasteiger partial charge in [0.2, 0.25) is 5.91 Å². The SMILES string of the molecule is CC(=O)SC1CC(=O)N(c2cccc(Cn3cncn3)c2)C1. The number of aromatic nitrogens is 3. The zero-order chi connectivity index (χ0) is 15.5. The van der Waals surface area contributed by atoms with E-state index in [0.29, 0.717) is 19.5 Å². The molecule has 1 aromatic heterocycles. The van der Waals surface area contributed by atoms with Crippen LogP contribution in [-0.2, 0) is 16.1 Å². The number of hydrogen-bond acceptors (Lipinski definition) is 5. The predicted octanol–water partition coefficient (Wildman–Crippen LogP) is 1.71. The van der Waals surface area contributed by atoms with Gasteiger partial charge in [-0.15, -0.1) is 0 Å². The van der Waals surface area contributed by atoms with Crippen molar-refractivity contribution in [2.45, 2.75) is 25.1 Å². The van der Waals surface area contributed by atoms with Crippen LogP contribution >= 0.6 is 11.8 Å². The molecule has 1 atom stereocenters. The topological polar surface area (TPSA) is 68.1 Å². The zero-order valence-corrected chi connectivity index (χ0v) is 13.0. The monoisotopic (exact) mass is 316 g/mol. The molecule has 2 aromatic rings. The smallest absolute Gasteiger partial charge is 0.228 e. The number of benzene rings is 1. The molecule has 0 spiro atoms. The molecular formula is C15H16N4O2S. The number of carbonyl (C=O) groups excluding carboxylic acids is 2. The first-order chi connectivity index (χ1) is 10.6. The Labute approximate surface area is 132 Å². The van der Waals surface area contributed by atoms with E-state index in [0.717, 1.165) is 11.3 Å². The lowest BCUT2D eigenvalue weighted by Crippen LogP contribution is -2.25. The molecule has 2 heterocycles. The third-order valence-electron chi connectivity index (χ3n) is 3.46. The maximum Gasteiger partial charge on any atom is 0.228 e. The number of carbonyl (C=O) groups is 2. The van der Waals surface area contributed by atoms with Crippen molar-refractivity contribution in [3.8, 4) is 0 Å². The average Bonchev–Trinajstić information content (AvgIpc) is 3.08. The number of rotatable bonds is 4. The standard InChI is InChI=1S/C15H16N4O2S/c1-11(20)22-14-6-15(21)19(8-14)13-4-2-3-12(5-13)7-18-10-16-9-17-18/h2-5,9-10,14H,6-8H2,1H3. The minimum atomic E-state index is 0.0453. The van der Waals surface area contributed by atoms with Crippen molar-refractivity contribution in [1.82, 2.24) is 14.8 Å². The van der Waals surface area contributed by atoms with E-state index in [4.69, 9.17) is 0 Å². The quantitative estimate of drug-likeness (QED) is 0.859. The van der Waals surface area contributed by atoms with Gasteiger partial charge in [-0.1, -0.05) is 23.9 Å². The van der Waals surface area contributed by atoms with E-state index >= 15 is 0 Å². The van der Waals surface area contributed by atoms with E-state index in [-0.39, 0.29) is 16.3 Å². The maximum atomic E-state index is 12.2. The van der Waals surface area contributed by atoms with E-state index in [2.05, 4.69) is 10.1 Å². The normalized spacial score (nSPS) is 18.0. The van der Waals surface area contributed by atoms with Gasteiger partial charge in [-0.05, 0) is 17.7 Å². The summed E-state index contributed by atoms with van der Waals surface area (Å²) in [5.74, 6) is 0.0663. The first kappa shape index (κ1) is 14.8. The number of nitrogens with zero attached hydrogens (tertiary/aromatic N) is 4. The summed E-state index contributed by atoms with van der Waals surface area (Å²) in [6.07, 6.45) is 3.57. The number of hydrogen-bond donors (Lipinski definition) is 0. The molecule has 1 unspecified atom stereocenters. The summed E-state index contributed by atoms with van der Waals surface area (Å²) >= 11 is 1.25. The van der Waals surface area contributed by atoms with Crippen LogP contribution in [0.3, 0.4) is 0 Å². The summed E-state index contributed by atoms with van der Waals surface area (Å²) in [4.78, 5) is 29.0. The Morgan fingerprint density at radius 2 is 2.32 bits per heavy atom. The van der Waals surface area contributed by atoms with Crippen LogP contribution in [-0.4, -0.2) is 37.6 Å². The average molecular weight is 316 g/mol. The summed E-state index contributed by atoms with van der Waals surface area (Å²) in [5, 5.41) is 4.18. The predicted molar refractivity (Wildman–Crippen MR) is 84.6 cm³/mol. The maximum absolute atomic E-state index is 12.2. The van der Waals surface area contributed by atoms with Gasteiger partial charge in [0.15, 0.2) is 5.12 Å². The first-order valence-electron chi connectivity index (χ1n) is 7.01. The Morgan fingerprint density at radius 1 is 1.45 bits per heavy atom. The second kappa shape index (κ2) is 6.31. The van der Waals surface area contributed by atoms with Crippen LogP contribution in [0.25, 0.3) is 0 Å². The molecule has 1 fully saturated rings. The molecule has 0 aliphatic carbocycles. The van der Waals surface area contributed by atoms with Crippen molar-refractivity contribution in [2.75, 3.05) is 11.4 Å². The molecule has 22 heavy (non-hydrogen) atoms. The highest BCUT2D eigenvalue weighted by atomic mass is 32.2. The van der Waals surface area contributed by atoms with Gasteiger partial charge >= 0.3 is 0 Å². The first-order valence-corrected chi connectivity index (χ1v) is 7.89. The Balaban J connectivity index is 1.74. The summed E-state index contributed by atoms with van der Waals surface area (Å²) in [7, 11) is 0. The van der Waals surface area contributed by atoms with E-state index in [1.165, 1.54) is 25.0 Å². The highest BCUT2D eigenvalue weighted by Gasteiger charge is 2.31. The largest absolute Gasteiger partial charge is 0.311 e. The minimum absolute atomic E-state index is 0.0453. The van der Waals surface area contributed by atoms with Crippen molar-refractivity contribution in [2.24, 2.45) is 0 Å². The van der Waals surface area contributed by atoms with E-state index in [1.807, 2.05) is 24.3 Å². The van der Waals surface area contributed by atoms with Gasteiger partial charge in [0.1, 0.15) is 12.7 Å². The molecule has 3 rings (SSSR count). The highest BCUT2D eigenvalue weighted by Crippen LogP contribution is 2.29. The molecule has 0 saturated carbocycles. The lowest BCUT2D eigenvalue weighted by molar-refractivity contribution is -0.117. The van der Waals surface area contributed by atoms with Crippen LogP contribution in [0.1, 0.15) is 18.9 Å². The van der Waals surface area contributed by atoms with Gasteiger partial charge in [0.25, 0.3) is 0 Å². The fraction of sp³-hybridized carbons (Fsp3) is 0.333. The molecule has 7 heteroatoms. The van der Waals surface area contributed by atoms with Gasteiger partial charge in [0.05, 0.1) is 6.54 Å². The van der Waals surface area contributed by atoms with Gasteiger partial charge in [-0.3, -0.25) is 9.59 Å². The minimum Gasteiger partial charge on any atom is -0.311 e. The van der Waals surface area contributed by atoms with E-state index in [9.17, 15) is 9.59 Å². The zero-order valence-electron chi connectivity index (χ0n) is 12.2. The van der Waals surface area contributed by atoms with Gasteiger partial charge < -0.3 is 4.90 Å². The molecule has 1 aliphatic rings. The summed E-state index contributed by atoms with van der Waals surface area (Å²) in [6, 6.07) is 7.83. The Morgan fingerprint density at radius 3 is 3.05 bits per heavy atom. The molecule has 6 nitrogen and oxygen atoms in total. The third kappa shape index (κ3) is 3.36. The summed E-state index contributed by atoms with van der Waals surface area (Å²) in [6.45, 7) is 2.73. The summed E-state index contributed by atoms with van der Waals surface area (Å²) < 4.78 is 1.74. The van der Waals surface area contributed by atoms with Crippen molar-refractivity contribution in [3.63, 3.8) is 0 Å². The van der Waals surface area contributed by atoms with E-state index in [1.54, 1.807) is 15.9 Å². The molecule has 1 aromatic carbocycles. The van der Waals surface area contributed by atoms with Crippen LogP contribution in [0.5, 0.6) is 0 Å². The van der Waals surface area contributed by atoms with Gasteiger partial charge in [0, 0.05) is 30.8 Å². The molecular weight excluding hydrogens is 300 g/mol. The second-order valence-electron chi connectivity index (χ2n) is 5.20. The highest BCUT2D eigenvalue weighted by molar-refractivity contribution is 8.14. The van der Waals surface area contributed by atoms with Crippen LogP contribution in [0.15, 0.2) is 36.9 Å². The molecule has 0 bridgehead atoms. The summed E-state index contributed by atoms with van der Waals surface area (Å²) in [5.41, 5.74) is 1.92. The van der Waals surface area contributed by atoms with Crippen molar-refractivity contribution >= 4 is 28.5 Å². The number of anilines is 1. The molecule has 1 aliphatic heterocycles. The molecule has 0 radical (unpaired) electrons. The Kier molecular flexibility index (Phi) is 4.24. The second-order valence-corrected chi connectivity index (χ2v) is 6.68. The van der Waals surface area contributed by atoms with Crippen LogP contribution < -0.4 is 4.90 Å². The lowest BCUT2D eigenvalue weighted by atomic mass is 10.2. The van der Waals surface area contributed by atoms with Crippen molar-refractivity contribution in [1.29, 1.82) is 0 Å². The molecule has 0 N–H and O–H groups in total. The fourth-order valence-corrected chi connectivity index (χ4v) is 3.48. The van der Waals surface area contributed by atoms with Crippen molar-refractivity contribution in [3.05, 3.63) is 42.5 Å². The van der Waals surface area contributed by atoms with Crippen LogP contribution in [0.2, 0.25) is 0 Å². The van der Waals surface area contributed by atoms with Crippen LogP contribution in [0.4, 0.5) is 5.69 Å². The van der Waals surface area contributed by atoms with Gasteiger partial charge in [-0.25, -0.2) is 9.67 Å². The Bertz CT molecular complexity index is 687.